The number of halogens is 1. The molecule has 0 saturated heterocycles. The highest BCUT2D eigenvalue weighted by Crippen LogP contribution is 2.35. The molecule has 2 heterocycles. The molecule has 7 nitrogen and oxygen atoms in total. The number of para-hydroxylation sites is 2. The molecule has 4 aromatic rings. The standard InChI is InChI=1S/C14H8ClN5O2S/c15-9-7-8(20(21)22)5-6-12(9)23-14-18-17-13-16-10-3-1-2-4-11(10)19(13)14/h1-7H,(H,16,17). The van der Waals surface area contributed by atoms with Crippen molar-refractivity contribution in [2.45, 2.75) is 10.1 Å². The minimum atomic E-state index is -0.476. The Morgan fingerprint density at radius 2 is 2.09 bits per heavy atom. The zero-order valence-corrected chi connectivity index (χ0v) is 13.0. The van der Waals surface area contributed by atoms with Gasteiger partial charge in [0.25, 0.3) is 5.69 Å². The number of hydrogen-bond donors (Lipinski definition) is 1. The van der Waals surface area contributed by atoms with E-state index in [4.69, 9.17) is 11.6 Å². The smallest absolute Gasteiger partial charge is 0.258 e. The first-order valence-corrected chi connectivity index (χ1v) is 7.76. The van der Waals surface area contributed by atoms with Crippen molar-refractivity contribution in [2.75, 3.05) is 0 Å². The molecule has 4 rings (SSSR count). The van der Waals surface area contributed by atoms with Crippen LogP contribution in [0.1, 0.15) is 0 Å². The molecule has 0 bridgehead atoms. The van der Waals surface area contributed by atoms with Crippen LogP contribution in [0.25, 0.3) is 16.8 Å². The van der Waals surface area contributed by atoms with Crippen molar-refractivity contribution in [1.29, 1.82) is 0 Å². The molecule has 0 aliphatic carbocycles. The van der Waals surface area contributed by atoms with E-state index in [0.717, 1.165) is 11.0 Å². The van der Waals surface area contributed by atoms with E-state index in [1.807, 2.05) is 28.7 Å². The molecule has 0 spiro atoms. The van der Waals surface area contributed by atoms with Gasteiger partial charge in [-0.05, 0) is 30.0 Å². The minimum Gasteiger partial charge on any atom is -0.258 e. The summed E-state index contributed by atoms with van der Waals surface area (Å²) in [5.74, 6) is 0.631. The fraction of sp³-hybridized carbons (Fsp3) is 0. The predicted octanol–water partition coefficient (Wildman–Crippen LogP) is 3.92. The summed E-state index contributed by atoms with van der Waals surface area (Å²) in [6.45, 7) is 0. The van der Waals surface area contributed by atoms with Crippen molar-refractivity contribution in [3.8, 4) is 0 Å². The van der Waals surface area contributed by atoms with Crippen LogP contribution in [0.4, 0.5) is 5.69 Å². The molecule has 0 aliphatic rings. The first-order valence-electron chi connectivity index (χ1n) is 6.57. The maximum absolute atomic E-state index is 10.8. The average Bonchev–Trinajstić information content (AvgIpc) is 3.09. The average molecular weight is 346 g/mol. The number of non-ortho nitro benzene ring substituents is 1. The van der Waals surface area contributed by atoms with Gasteiger partial charge in [0.2, 0.25) is 5.78 Å². The number of imidazole rings is 1. The Morgan fingerprint density at radius 1 is 1.26 bits per heavy atom. The van der Waals surface area contributed by atoms with Crippen molar-refractivity contribution < 1.29 is 4.92 Å². The Morgan fingerprint density at radius 3 is 2.87 bits per heavy atom. The molecule has 0 amide bonds. The lowest BCUT2D eigenvalue weighted by Gasteiger charge is -2.02. The van der Waals surface area contributed by atoms with Crippen LogP contribution in [0.2, 0.25) is 5.02 Å². The van der Waals surface area contributed by atoms with E-state index in [-0.39, 0.29) is 5.69 Å². The molecular weight excluding hydrogens is 338 g/mol. The zero-order valence-electron chi connectivity index (χ0n) is 11.4. The second-order valence-corrected chi connectivity index (χ2v) is 6.16. The minimum absolute atomic E-state index is 0.0420. The molecule has 2 aromatic heterocycles. The third kappa shape index (κ3) is 2.32. The highest BCUT2D eigenvalue weighted by atomic mass is 35.5. The van der Waals surface area contributed by atoms with Crippen LogP contribution in [0.15, 0.2) is 52.5 Å². The van der Waals surface area contributed by atoms with Crippen molar-refractivity contribution >= 4 is 45.9 Å². The number of nitrogens with one attached hydrogen (secondary N) is 1. The van der Waals surface area contributed by atoms with Gasteiger partial charge in [-0.1, -0.05) is 23.7 Å². The first-order chi connectivity index (χ1) is 11.1. The number of hydrogen-bond acceptors (Lipinski definition) is 5. The van der Waals surface area contributed by atoms with E-state index in [1.54, 1.807) is 6.07 Å². The Bertz CT molecular complexity index is 1060. The lowest BCUT2D eigenvalue weighted by molar-refractivity contribution is -0.384. The number of nitrogens with zero attached hydrogens (tertiary/aromatic N) is 4. The van der Waals surface area contributed by atoms with E-state index >= 15 is 0 Å². The van der Waals surface area contributed by atoms with Gasteiger partial charge < -0.3 is 0 Å². The summed E-state index contributed by atoms with van der Waals surface area (Å²) in [7, 11) is 0. The molecule has 1 N–H and O–H groups in total. The summed E-state index contributed by atoms with van der Waals surface area (Å²) in [4.78, 5) is 15.4. The SMILES string of the molecule is O=[N+]([O-])c1ccc(Sc2n[nH]c3nc4ccccc4n23)c(Cl)c1. The van der Waals surface area contributed by atoms with Crippen LogP contribution in [-0.2, 0) is 0 Å². The number of aromatic nitrogens is 4. The van der Waals surface area contributed by atoms with Gasteiger partial charge >= 0.3 is 0 Å². The molecule has 2 aromatic carbocycles. The molecule has 23 heavy (non-hydrogen) atoms. The van der Waals surface area contributed by atoms with Crippen molar-refractivity contribution in [3.63, 3.8) is 0 Å². The Balaban J connectivity index is 1.80. The van der Waals surface area contributed by atoms with Crippen molar-refractivity contribution in [2.24, 2.45) is 0 Å². The fourth-order valence-corrected chi connectivity index (χ4v) is 3.44. The Kier molecular flexibility index (Phi) is 3.21. The lowest BCUT2D eigenvalue weighted by Crippen LogP contribution is -1.89. The third-order valence-corrected chi connectivity index (χ3v) is 4.79. The third-order valence-electron chi connectivity index (χ3n) is 3.33. The van der Waals surface area contributed by atoms with Crippen LogP contribution < -0.4 is 0 Å². The normalized spacial score (nSPS) is 11.3. The molecule has 114 valence electrons. The van der Waals surface area contributed by atoms with Gasteiger partial charge in [0.1, 0.15) is 0 Å². The number of nitro benzene ring substituents is 1. The molecule has 0 unspecified atom stereocenters. The van der Waals surface area contributed by atoms with E-state index in [9.17, 15) is 10.1 Å². The maximum atomic E-state index is 10.8. The molecule has 0 saturated carbocycles. The Labute approximate surface area is 138 Å². The van der Waals surface area contributed by atoms with E-state index in [0.29, 0.717) is 20.9 Å². The number of rotatable bonds is 3. The summed E-state index contributed by atoms with van der Waals surface area (Å²) < 4.78 is 1.89. The number of benzene rings is 2. The molecule has 0 atom stereocenters. The van der Waals surface area contributed by atoms with E-state index < -0.39 is 4.92 Å². The summed E-state index contributed by atoms with van der Waals surface area (Å²) in [5.41, 5.74) is 1.74. The van der Waals surface area contributed by atoms with E-state index in [2.05, 4.69) is 15.2 Å². The number of nitro groups is 1. The molecule has 0 fully saturated rings. The van der Waals surface area contributed by atoms with Crippen LogP contribution in [0, 0.1) is 10.1 Å². The van der Waals surface area contributed by atoms with Gasteiger partial charge in [-0.25, -0.2) is 10.1 Å². The van der Waals surface area contributed by atoms with Gasteiger partial charge in [0.05, 0.1) is 21.0 Å². The predicted molar refractivity (Wildman–Crippen MR) is 87.1 cm³/mol. The monoisotopic (exact) mass is 345 g/mol. The van der Waals surface area contributed by atoms with Gasteiger partial charge in [0, 0.05) is 17.0 Å². The largest absolute Gasteiger partial charge is 0.270 e. The molecule has 0 aliphatic heterocycles. The van der Waals surface area contributed by atoms with Gasteiger partial charge in [0.15, 0.2) is 5.16 Å². The van der Waals surface area contributed by atoms with Crippen molar-refractivity contribution in [1.82, 2.24) is 19.6 Å². The molecular formula is C14H8ClN5O2S. The highest BCUT2D eigenvalue weighted by molar-refractivity contribution is 7.99. The van der Waals surface area contributed by atoms with Crippen LogP contribution >= 0.6 is 23.4 Å². The Hall–Kier alpha value is -2.58. The first kappa shape index (κ1) is 14.0. The quantitative estimate of drug-likeness (QED) is 0.449. The summed E-state index contributed by atoms with van der Waals surface area (Å²) in [6.07, 6.45) is 0. The number of H-pyrrole nitrogens is 1. The molecule has 9 heteroatoms. The number of aromatic amines is 1. The topological polar surface area (TPSA) is 89.1 Å². The van der Waals surface area contributed by atoms with Gasteiger partial charge in [-0.15, -0.1) is 5.10 Å². The maximum Gasteiger partial charge on any atom is 0.270 e. The highest BCUT2D eigenvalue weighted by Gasteiger charge is 2.15. The lowest BCUT2D eigenvalue weighted by atomic mass is 10.3. The number of fused-ring (bicyclic) bond motifs is 3. The zero-order chi connectivity index (χ0) is 16.0. The fourth-order valence-electron chi connectivity index (χ4n) is 2.30. The van der Waals surface area contributed by atoms with E-state index in [1.165, 1.54) is 23.9 Å². The summed E-state index contributed by atoms with van der Waals surface area (Å²) >= 11 is 7.46. The summed E-state index contributed by atoms with van der Waals surface area (Å²) in [6, 6.07) is 12.1. The second-order valence-electron chi connectivity index (χ2n) is 4.74. The van der Waals surface area contributed by atoms with Gasteiger partial charge in [-0.3, -0.25) is 14.5 Å². The van der Waals surface area contributed by atoms with Gasteiger partial charge in [-0.2, -0.15) is 0 Å². The van der Waals surface area contributed by atoms with Crippen molar-refractivity contribution in [3.05, 3.63) is 57.6 Å². The van der Waals surface area contributed by atoms with Crippen LogP contribution in [0.5, 0.6) is 0 Å². The molecule has 0 radical (unpaired) electrons. The summed E-state index contributed by atoms with van der Waals surface area (Å²) in [5, 5.41) is 18.9. The second kappa shape index (κ2) is 5.25. The van der Waals surface area contributed by atoms with Crippen LogP contribution in [0.3, 0.4) is 0 Å². The van der Waals surface area contributed by atoms with Crippen LogP contribution in [-0.4, -0.2) is 24.5 Å².